The second-order valence-electron chi connectivity index (χ2n) is 5.85. The first kappa shape index (κ1) is 19.0. The summed E-state index contributed by atoms with van der Waals surface area (Å²) in [5.74, 6) is 0.0663. The Hall–Kier alpha value is -2.32. The third-order valence-electron chi connectivity index (χ3n) is 3.20. The van der Waals surface area contributed by atoms with E-state index in [1.807, 2.05) is 18.2 Å². The molecule has 2 N–H and O–H groups in total. The van der Waals surface area contributed by atoms with E-state index >= 15 is 0 Å². The van der Waals surface area contributed by atoms with Crippen molar-refractivity contribution in [1.29, 1.82) is 0 Å². The molecule has 1 heterocycles. The zero-order chi connectivity index (χ0) is 18.1. The van der Waals surface area contributed by atoms with Crippen LogP contribution >= 0.6 is 11.3 Å². The number of rotatable bonds is 9. The highest BCUT2D eigenvalue weighted by atomic mass is 32.1. The van der Waals surface area contributed by atoms with Crippen molar-refractivity contribution < 1.29 is 14.3 Å². The summed E-state index contributed by atoms with van der Waals surface area (Å²) in [6.07, 6.45) is 0.933. The quantitative estimate of drug-likeness (QED) is 0.715. The zero-order valence-electron chi connectivity index (χ0n) is 14.3. The lowest BCUT2D eigenvalue weighted by atomic mass is 10.1. The minimum atomic E-state index is -0.318. The van der Waals surface area contributed by atoms with Gasteiger partial charge >= 0.3 is 0 Å². The molecule has 7 nitrogen and oxygen atoms in total. The number of amides is 2. The van der Waals surface area contributed by atoms with E-state index in [1.165, 1.54) is 0 Å². The molecule has 2 amide bonds. The molecule has 0 unspecified atom stereocenters. The first-order chi connectivity index (χ1) is 12.0. The smallest absolute Gasteiger partial charge is 0.286 e. The van der Waals surface area contributed by atoms with Gasteiger partial charge in [0.15, 0.2) is 0 Å². The molecule has 2 aromatic rings. The van der Waals surface area contributed by atoms with E-state index in [4.69, 9.17) is 4.74 Å². The monoisotopic (exact) mass is 362 g/mol. The van der Waals surface area contributed by atoms with Crippen molar-refractivity contribution in [2.75, 3.05) is 18.5 Å². The van der Waals surface area contributed by atoms with Crippen LogP contribution in [0.5, 0.6) is 0 Å². The lowest BCUT2D eigenvalue weighted by Gasteiger charge is -2.06. The highest BCUT2D eigenvalue weighted by Gasteiger charge is 2.13. The molecule has 0 spiro atoms. The Morgan fingerprint density at radius 1 is 1.20 bits per heavy atom. The van der Waals surface area contributed by atoms with Crippen molar-refractivity contribution in [3.8, 4) is 0 Å². The number of anilines is 1. The van der Waals surface area contributed by atoms with E-state index in [2.05, 4.69) is 34.7 Å². The first-order valence-corrected chi connectivity index (χ1v) is 8.89. The van der Waals surface area contributed by atoms with Gasteiger partial charge in [-0.1, -0.05) is 43.4 Å². The second-order valence-corrected chi connectivity index (χ2v) is 6.91. The summed E-state index contributed by atoms with van der Waals surface area (Å²) in [6.45, 7) is 4.95. The number of carbonyl (C=O) groups excluding carboxylic acids is 2. The van der Waals surface area contributed by atoms with Crippen LogP contribution < -0.4 is 10.6 Å². The molecular weight excluding hydrogens is 340 g/mol. The van der Waals surface area contributed by atoms with E-state index in [1.54, 1.807) is 12.1 Å². The van der Waals surface area contributed by atoms with Gasteiger partial charge in [-0.15, -0.1) is 10.2 Å². The topological polar surface area (TPSA) is 93.2 Å². The fourth-order valence-corrected chi connectivity index (χ4v) is 2.56. The largest absolute Gasteiger partial charge is 0.364 e. The normalized spacial score (nSPS) is 10.7. The Balaban J connectivity index is 1.72. The predicted octanol–water partition coefficient (Wildman–Crippen LogP) is 2.47. The summed E-state index contributed by atoms with van der Waals surface area (Å²) < 4.78 is 5.31. The van der Waals surface area contributed by atoms with Crippen molar-refractivity contribution in [3.05, 3.63) is 40.3 Å². The van der Waals surface area contributed by atoms with Gasteiger partial charge in [0.25, 0.3) is 5.91 Å². The summed E-state index contributed by atoms with van der Waals surface area (Å²) in [5, 5.41) is 14.1. The summed E-state index contributed by atoms with van der Waals surface area (Å²) in [6, 6.07) is 9.12. The van der Waals surface area contributed by atoms with Gasteiger partial charge in [-0.3, -0.25) is 9.59 Å². The second kappa shape index (κ2) is 9.85. The molecule has 0 aliphatic carbocycles. The number of nitrogens with one attached hydrogen (secondary N) is 2. The Labute approximate surface area is 150 Å². The molecule has 1 aromatic carbocycles. The maximum atomic E-state index is 12.1. The number of hydrogen-bond acceptors (Lipinski definition) is 6. The van der Waals surface area contributed by atoms with Gasteiger partial charge in [-0.2, -0.15) is 0 Å². The molecule has 2 rings (SSSR count). The van der Waals surface area contributed by atoms with Crippen molar-refractivity contribution in [1.82, 2.24) is 15.5 Å². The molecule has 0 saturated carbocycles. The van der Waals surface area contributed by atoms with E-state index in [9.17, 15) is 9.59 Å². The molecule has 134 valence electrons. The minimum Gasteiger partial charge on any atom is -0.364 e. The molecule has 0 aliphatic heterocycles. The highest BCUT2D eigenvalue weighted by molar-refractivity contribution is 7.13. The van der Waals surface area contributed by atoms with E-state index in [-0.39, 0.29) is 30.0 Å². The van der Waals surface area contributed by atoms with Crippen LogP contribution in [0.1, 0.15) is 35.1 Å². The molecule has 25 heavy (non-hydrogen) atoms. The Kier molecular flexibility index (Phi) is 7.49. The average Bonchev–Trinajstić information content (AvgIpc) is 3.04. The first-order valence-electron chi connectivity index (χ1n) is 8.08. The van der Waals surface area contributed by atoms with E-state index < -0.39 is 0 Å². The number of aromatic nitrogens is 2. The third kappa shape index (κ3) is 6.98. The van der Waals surface area contributed by atoms with Crippen LogP contribution in [-0.4, -0.2) is 35.2 Å². The molecule has 0 radical (unpaired) electrons. The minimum absolute atomic E-state index is 0.0385. The van der Waals surface area contributed by atoms with Gasteiger partial charge in [0.2, 0.25) is 10.9 Å². The maximum Gasteiger partial charge on any atom is 0.286 e. The molecule has 8 heteroatoms. The molecule has 0 bridgehead atoms. The zero-order valence-corrected chi connectivity index (χ0v) is 15.1. The van der Waals surface area contributed by atoms with Gasteiger partial charge in [0, 0.05) is 12.2 Å². The highest BCUT2D eigenvalue weighted by Crippen LogP contribution is 2.13. The van der Waals surface area contributed by atoms with Crippen molar-refractivity contribution >= 4 is 28.8 Å². The average molecular weight is 362 g/mol. The summed E-state index contributed by atoms with van der Waals surface area (Å²) >= 11 is 1.14. The molecule has 1 aromatic heterocycles. The lowest BCUT2D eigenvalue weighted by Crippen LogP contribution is -2.29. The predicted molar refractivity (Wildman–Crippen MR) is 96.4 cm³/mol. The van der Waals surface area contributed by atoms with Crippen LogP contribution in [0.3, 0.4) is 0 Å². The van der Waals surface area contributed by atoms with Crippen molar-refractivity contribution in [2.45, 2.75) is 26.9 Å². The van der Waals surface area contributed by atoms with Gasteiger partial charge in [-0.25, -0.2) is 0 Å². The third-order valence-corrected chi connectivity index (χ3v) is 4.09. The molecule has 0 atom stereocenters. The van der Waals surface area contributed by atoms with Crippen molar-refractivity contribution in [2.24, 2.45) is 5.92 Å². The van der Waals surface area contributed by atoms with Crippen LogP contribution in [0.15, 0.2) is 30.3 Å². The summed E-state index contributed by atoms with van der Waals surface area (Å²) in [7, 11) is 0. The fraction of sp³-hybridized carbons (Fsp3) is 0.412. The van der Waals surface area contributed by atoms with Gasteiger partial charge in [0.05, 0.1) is 0 Å². The Morgan fingerprint density at radius 3 is 2.68 bits per heavy atom. The standard InChI is InChI=1S/C17H22N4O3S/c1-12(2)8-9-18-14(22)10-24-11-15-20-21-17(25-15)16(23)19-13-6-4-3-5-7-13/h3-7,12H,8-11H2,1-2H3,(H,18,22)(H,19,23). The lowest BCUT2D eigenvalue weighted by molar-refractivity contribution is -0.126. The number of para-hydroxylation sites is 1. The summed E-state index contributed by atoms with van der Waals surface area (Å²) in [5.41, 5.74) is 0.693. The SMILES string of the molecule is CC(C)CCNC(=O)COCc1nnc(C(=O)Nc2ccccc2)s1. The Morgan fingerprint density at radius 2 is 1.96 bits per heavy atom. The number of benzene rings is 1. The molecule has 0 fully saturated rings. The number of carbonyl (C=O) groups is 2. The fourth-order valence-electron chi connectivity index (χ4n) is 1.89. The maximum absolute atomic E-state index is 12.1. The van der Waals surface area contributed by atoms with E-state index in [0.29, 0.717) is 23.2 Å². The molecular formula is C17H22N4O3S. The van der Waals surface area contributed by atoms with Crippen LogP contribution in [-0.2, 0) is 16.1 Å². The van der Waals surface area contributed by atoms with Crippen molar-refractivity contribution in [3.63, 3.8) is 0 Å². The van der Waals surface area contributed by atoms with Crippen LogP contribution in [0.2, 0.25) is 0 Å². The van der Waals surface area contributed by atoms with Crippen LogP contribution in [0, 0.1) is 5.92 Å². The van der Waals surface area contributed by atoms with E-state index in [0.717, 1.165) is 17.8 Å². The number of hydrogen-bond donors (Lipinski definition) is 2. The molecule has 0 aliphatic rings. The van der Waals surface area contributed by atoms with Gasteiger partial charge in [-0.05, 0) is 24.5 Å². The Bertz CT molecular complexity index is 688. The van der Waals surface area contributed by atoms with Gasteiger partial charge < -0.3 is 15.4 Å². The molecule has 0 saturated heterocycles. The van der Waals surface area contributed by atoms with Gasteiger partial charge in [0.1, 0.15) is 18.2 Å². The number of nitrogens with zero attached hydrogens (tertiary/aromatic N) is 2. The number of ether oxygens (including phenoxy) is 1. The van der Waals surface area contributed by atoms with Crippen LogP contribution in [0.4, 0.5) is 5.69 Å². The summed E-state index contributed by atoms with van der Waals surface area (Å²) in [4.78, 5) is 23.7. The van der Waals surface area contributed by atoms with Crippen LogP contribution in [0.25, 0.3) is 0 Å².